The first kappa shape index (κ1) is 23.0. The zero-order valence-corrected chi connectivity index (χ0v) is 19.1. The van der Waals surface area contributed by atoms with Gasteiger partial charge in [0, 0.05) is 50.2 Å². The van der Waals surface area contributed by atoms with E-state index in [0.29, 0.717) is 31.8 Å². The zero-order chi connectivity index (χ0) is 25.7. The SMILES string of the molecule is Oc1cc2nccn2c2cc(-c3nc(Nc4ccc(N5CCNCC5)c(F)c4F)ncc3F)cc(F)c12. The van der Waals surface area contributed by atoms with Crippen molar-refractivity contribution in [2.24, 2.45) is 0 Å². The van der Waals surface area contributed by atoms with Crippen molar-refractivity contribution in [1.29, 1.82) is 0 Å². The van der Waals surface area contributed by atoms with Gasteiger partial charge in [0.2, 0.25) is 5.95 Å². The van der Waals surface area contributed by atoms with E-state index in [1.807, 2.05) is 0 Å². The van der Waals surface area contributed by atoms with Gasteiger partial charge in [0.1, 0.15) is 22.9 Å². The summed E-state index contributed by atoms with van der Waals surface area (Å²) in [7, 11) is 0. The van der Waals surface area contributed by atoms with Gasteiger partial charge in [0.25, 0.3) is 0 Å². The Bertz CT molecular complexity index is 1670. The molecule has 5 aromatic rings. The number of halogens is 4. The van der Waals surface area contributed by atoms with Crippen LogP contribution in [-0.4, -0.2) is 50.6 Å². The van der Waals surface area contributed by atoms with Crippen molar-refractivity contribution in [3.8, 4) is 17.0 Å². The lowest BCUT2D eigenvalue weighted by molar-refractivity contribution is 0.478. The number of imidazole rings is 1. The second-order valence-electron chi connectivity index (χ2n) is 8.55. The second-order valence-corrected chi connectivity index (χ2v) is 8.55. The third kappa shape index (κ3) is 3.95. The molecule has 0 aliphatic carbocycles. The number of aromatic hydroxyl groups is 1. The lowest BCUT2D eigenvalue weighted by Gasteiger charge is -2.30. The number of nitrogens with one attached hydrogen (secondary N) is 2. The number of benzene rings is 2. The van der Waals surface area contributed by atoms with E-state index in [1.165, 1.54) is 34.9 Å². The average molecular weight is 509 g/mol. The van der Waals surface area contributed by atoms with E-state index in [2.05, 4.69) is 25.6 Å². The van der Waals surface area contributed by atoms with Gasteiger partial charge in [0.15, 0.2) is 17.5 Å². The molecule has 1 aliphatic rings. The summed E-state index contributed by atoms with van der Waals surface area (Å²) in [6, 6.07) is 6.61. The van der Waals surface area contributed by atoms with Crippen LogP contribution in [0.15, 0.2) is 48.9 Å². The summed E-state index contributed by atoms with van der Waals surface area (Å²) in [5.74, 6) is -4.33. The van der Waals surface area contributed by atoms with Crippen molar-refractivity contribution >= 4 is 33.9 Å². The highest BCUT2D eigenvalue weighted by molar-refractivity contribution is 5.91. The minimum Gasteiger partial charge on any atom is -0.507 e. The smallest absolute Gasteiger partial charge is 0.228 e. The quantitative estimate of drug-likeness (QED) is 0.310. The summed E-state index contributed by atoms with van der Waals surface area (Å²) in [5.41, 5.74) is 0.303. The summed E-state index contributed by atoms with van der Waals surface area (Å²) in [6.07, 6.45) is 3.91. The molecule has 3 N–H and O–H groups in total. The van der Waals surface area contributed by atoms with Gasteiger partial charge in [-0.3, -0.25) is 4.40 Å². The number of anilines is 3. The summed E-state index contributed by atoms with van der Waals surface area (Å²) >= 11 is 0. The lowest BCUT2D eigenvalue weighted by Crippen LogP contribution is -2.44. The van der Waals surface area contributed by atoms with Gasteiger partial charge >= 0.3 is 0 Å². The highest BCUT2D eigenvalue weighted by Gasteiger charge is 2.21. The Morgan fingerprint density at radius 1 is 0.946 bits per heavy atom. The van der Waals surface area contributed by atoms with Crippen LogP contribution in [0.25, 0.3) is 27.8 Å². The van der Waals surface area contributed by atoms with E-state index in [9.17, 15) is 18.3 Å². The third-order valence-electron chi connectivity index (χ3n) is 6.30. The first-order chi connectivity index (χ1) is 17.9. The maximum Gasteiger partial charge on any atom is 0.228 e. The summed E-state index contributed by atoms with van der Waals surface area (Å²) in [6.45, 7) is 2.40. The highest BCUT2D eigenvalue weighted by Crippen LogP contribution is 2.34. The van der Waals surface area contributed by atoms with Crippen molar-refractivity contribution < 1.29 is 22.7 Å². The van der Waals surface area contributed by atoms with Gasteiger partial charge in [-0.05, 0) is 24.3 Å². The lowest BCUT2D eigenvalue weighted by atomic mass is 10.1. The maximum atomic E-state index is 15.0. The normalized spacial score (nSPS) is 14.0. The van der Waals surface area contributed by atoms with E-state index >= 15 is 4.39 Å². The van der Waals surface area contributed by atoms with Crippen LogP contribution in [0.1, 0.15) is 0 Å². The summed E-state index contributed by atoms with van der Waals surface area (Å²) in [5, 5.41) is 15.9. The number of nitrogens with zero attached hydrogens (tertiary/aromatic N) is 5. The van der Waals surface area contributed by atoms with Crippen molar-refractivity contribution in [3.63, 3.8) is 0 Å². The summed E-state index contributed by atoms with van der Waals surface area (Å²) in [4.78, 5) is 13.8. The monoisotopic (exact) mass is 509 g/mol. The molecule has 12 heteroatoms. The molecule has 3 aromatic heterocycles. The Morgan fingerprint density at radius 2 is 1.76 bits per heavy atom. The summed E-state index contributed by atoms with van der Waals surface area (Å²) < 4.78 is 61.1. The second kappa shape index (κ2) is 8.89. The predicted octanol–water partition coefficient (Wildman–Crippen LogP) is 4.36. The van der Waals surface area contributed by atoms with Crippen LogP contribution < -0.4 is 15.5 Å². The molecule has 1 fully saturated rings. The van der Waals surface area contributed by atoms with Gasteiger partial charge in [0.05, 0.1) is 28.5 Å². The van der Waals surface area contributed by atoms with Crippen LogP contribution in [0.3, 0.4) is 0 Å². The molecule has 37 heavy (non-hydrogen) atoms. The fourth-order valence-corrected chi connectivity index (χ4v) is 4.53. The first-order valence-electron chi connectivity index (χ1n) is 11.4. The van der Waals surface area contributed by atoms with E-state index in [1.54, 1.807) is 11.1 Å². The largest absolute Gasteiger partial charge is 0.507 e. The van der Waals surface area contributed by atoms with Gasteiger partial charge in [-0.2, -0.15) is 0 Å². The Labute approximate surface area is 207 Å². The van der Waals surface area contributed by atoms with E-state index in [0.717, 1.165) is 12.3 Å². The molecule has 6 rings (SSSR count). The van der Waals surface area contributed by atoms with Crippen LogP contribution >= 0.6 is 0 Å². The molecule has 0 radical (unpaired) electrons. The van der Waals surface area contributed by atoms with E-state index in [-0.39, 0.29) is 45.2 Å². The minimum atomic E-state index is -1.12. The molecule has 0 amide bonds. The number of hydrogen-bond donors (Lipinski definition) is 3. The van der Waals surface area contributed by atoms with Gasteiger partial charge in [-0.25, -0.2) is 32.5 Å². The first-order valence-corrected chi connectivity index (χ1v) is 11.4. The predicted molar refractivity (Wildman–Crippen MR) is 130 cm³/mol. The standard InChI is InChI=1S/C25H19F4N7O/c26-14-9-13(10-18-21(14)19(37)11-20-31-5-8-36(18)20)24-15(27)12-32-25(34-24)33-16-1-2-17(23(29)22(16)28)35-6-3-30-4-7-35/h1-2,5,8-12,30,37H,3-4,6-7H2,(H,32,33,34). The number of piperazine rings is 1. The fraction of sp³-hybridized carbons (Fsp3) is 0.160. The number of rotatable bonds is 4. The van der Waals surface area contributed by atoms with Crippen LogP contribution in [0.5, 0.6) is 5.75 Å². The third-order valence-corrected chi connectivity index (χ3v) is 6.30. The number of fused-ring (bicyclic) bond motifs is 3. The zero-order valence-electron chi connectivity index (χ0n) is 19.1. The van der Waals surface area contributed by atoms with Crippen molar-refractivity contribution in [2.75, 3.05) is 36.4 Å². The van der Waals surface area contributed by atoms with Crippen LogP contribution in [0.4, 0.5) is 34.9 Å². The van der Waals surface area contributed by atoms with Crippen LogP contribution in [0.2, 0.25) is 0 Å². The Balaban J connectivity index is 1.38. The molecule has 1 saturated heterocycles. The van der Waals surface area contributed by atoms with Crippen molar-refractivity contribution in [3.05, 3.63) is 72.2 Å². The molecule has 0 unspecified atom stereocenters. The molecule has 2 aromatic carbocycles. The number of hydrogen-bond acceptors (Lipinski definition) is 7. The van der Waals surface area contributed by atoms with Crippen LogP contribution in [0, 0.1) is 23.3 Å². The molecule has 188 valence electrons. The van der Waals surface area contributed by atoms with Crippen LogP contribution in [-0.2, 0) is 0 Å². The highest BCUT2D eigenvalue weighted by atomic mass is 19.2. The molecule has 8 nitrogen and oxygen atoms in total. The molecule has 0 bridgehead atoms. The molecular weight excluding hydrogens is 490 g/mol. The molecule has 0 spiro atoms. The van der Waals surface area contributed by atoms with Gasteiger partial charge < -0.3 is 20.6 Å². The Hall–Kier alpha value is -4.45. The minimum absolute atomic E-state index is 0.0502. The molecule has 0 atom stereocenters. The topological polar surface area (TPSA) is 90.6 Å². The molecule has 0 saturated carbocycles. The molecular formula is C25H19F4N7O. The van der Waals surface area contributed by atoms with Gasteiger partial charge in [-0.1, -0.05) is 0 Å². The molecule has 1 aliphatic heterocycles. The van der Waals surface area contributed by atoms with Crippen molar-refractivity contribution in [1.82, 2.24) is 24.7 Å². The maximum absolute atomic E-state index is 15.0. The number of pyridine rings is 1. The van der Waals surface area contributed by atoms with E-state index in [4.69, 9.17) is 0 Å². The van der Waals surface area contributed by atoms with Gasteiger partial charge in [-0.15, -0.1) is 0 Å². The Morgan fingerprint density at radius 3 is 2.57 bits per heavy atom. The number of aromatic nitrogens is 4. The molecule has 4 heterocycles. The Kier molecular flexibility index (Phi) is 5.52. The average Bonchev–Trinajstić information content (AvgIpc) is 3.37. The fourth-order valence-electron chi connectivity index (χ4n) is 4.53. The van der Waals surface area contributed by atoms with Crippen molar-refractivity contribution in [2.45, 2.75) is 0 Å². The van der Waals surface area contributed by atoms with E-state index < -0.39 is 23.3 Å².